The van der Waals surface area contributed by atoms with Crippen molar-refractivity contribution in [2.45, 2.75) is 6.92 Å². The lowest BCUT2D eigenvalue weighted by molar-refractivity contribution is 1.41. The van der Waals surface area contributed by atoms with Crippen LogP contribution in [0.4, 0.5) is 0 Å². The summed E-state index contributed by atoms with van der Waals surface area (Å²) in [7, 11) is 0. The second-order valence-corrected chi connectivity index (χ2v) is 5.69. The van der Waals surface area contributed by atoms with Gasteiger partial charge in [0.15, 0.2) is 0 Å². The summed E-state index contributed by atoms with van der Waals surface area (Å²) in [5.41, 5.74) is 4.78. The van der Waals surface area contributed by atoms with E-state index in [1.807, 2.05) is 61.5 Å². The average molecular weight is 318 g/mol. The summed E-state index contributed by atoms with van der Waals surface area (Å²) in [6.07, 6.45) is 1.60. The minimum absolute atomic E-state index is 0.0548. The van der Waals surface area contributed by atoms with Crippen LogP contribution in [0, 0.1) is 29.6 Å². The number of hydrogen-bond donors (Lipinski definition) is 1. The number of aryl methyl sites for hydroxylation is 1. The van der Waals surface area contributed by atoms with E-state index < -0.39 is 0 Å². The number of halogens is 1. The summed E-state index contributed by atoms with van der Waals surface area (Å²) in [4.78, 5) is 3.36. The fourth-order valence-corrected chi connectivity index (χ4v) is 2.69. The fraction of sp³-hybridized carbons (Fsp3) is 0.0526. The highest BCUT2D eigenvalue weighted by molar-refractivity contribution is 6.31. The van der Waals surface area contributed by atoms with E-state index >= 15 is 0 Å². The predicted molar refractivity (Wildman–Crippen MR) is 92.7 cm³/mol. The molecule has 0 bridgehead atoms. The Labute approximate surface area is 139 Å². The smallest absolute Gasteiger partial charge is 0.130 e. The lowest BCUT2D eigenvalue weighted by Crippen LogP contribution is -1.83. The van der Waals surface area contributed by atoms with Gasteiger partial charge in [-0.15, -0.1) is 0 Å². The second kappa shape index (κ2) is 6.01. The number of nitriles is 2. The zero-order valence-corrected chi connectivity index (χ0v) is 13.1. The molecule has 0 unspecified atom stereocenters. The van der Waals surface area contributed by atoms with Gasteiger partial charge in [0.05, 0.1) is 5.69 Å². The van der Waals surface area contributed by atoms with Crippen molar-refractivity contribution in [2.75, 3.05) is 0 Å². The summed E-state index contributed by atoms with van der Waals surface area (Å²) in [6, 6.07) is 17.4. The van der Waals surface area contributed by atoms with E-state index in [1.165, 1.54) is 5.56 Å². The first-order valence-corrected chi connectivity index (χ1v) is 7.40. The van der Waals surface area contributed by atoms with E-state index in [1.54, 1.807) is 6.08 Å². The van der Waals surface area contributed by atoms with Crippen LogP contribution in [0.25, 0.3) is 28.2 Å². The third-order valence-electron chi connectivity index (χ3n) is 3.67. The van der Waals surface area contributed by atoms with Gasteiger partial charge in [-0.2, -0.15) is 10.5 Å². The minimum Gasteiger partial charge on any atom is -0.354 e. The highest BCUT2D eigenvalue weighted by Crippen LogP contribution is 2.33. The van der Waals surface area contributed by atoms with Crippen LogP contribution >= 0.6 is 11.6 Å². The quantitative estimate of drug-likeness (QED) is 0.658. The number of aromatic amines is 1. The largest absolute Gasteiger partial charge is 0.354 e. The zero-order chi connectivity index (χ0) is 16.4. The highest BCUT2D eigenvalue weighted by atomic mass is 35.5. The van der Waals surface area contributed by atoms with Gasteiger partial charge in [-0.1, -0.05) is 41.4 Å². The van der Waals surface area contributed by atoms with E-state index in [4.69, 9.17) is 22.1 Å². The molecule has 0 saturated carbocycles. The standard InChI is InChI=1S/C19H12ClN3/c1-12-2-4-14(5-3-12)19-17(8-13(10-21)11-22)16-9-15(20)6-7-18(16)23-19/h2-9,23H,1H3. The van der Waals surface area contributed by atoms with Gasteiger partial charge >= 0.3 is 0 Å². The Morgan fingerprint density at radius 1 is 1.09 bits per heavy atom. The number of nitrogens with zero attached hydrogens (tertiary/aromatic N) is 2. The van der Waals surface area contributed by atoms with E-state index in [0.29, 0.717) is 5.02 Å². The van der Waals surface area contributed by atoms with Gasteiger partial charge in [0.2, 0.25) is 0 Å². The van der Waals surface area contributed by atoms with Crippen molar-refractivity contribution in [1.29, 1.82) is 10.5 Å². The van der Waals surface area contributed by atoms with Crippen LogP contribution in [0.15, 0.2) is 48.0 Å². The molecule has 3 nitrogen and oxygen atoms in total. The van der Waals surface area contributed by atoms with Gasteiger partial charge in [0.1, 0.15) is 17.7 Å². The number of benzene rings is 2. The molecule has 3 rings (SSSR count). The van der Waals surface area contributed by atoms with Gasteiger partial charge < -0.3 is 4.98 Å². The van der Waals surface area contributed by atoms with Gasteiger partial charge in [-0.05, 0) is 36.8 Å². The number of nitrogens with one attached hydrogen (secondary N) is 1. The molecule has 110 valence electrons. The monoisotopic (exact) mass is 317 g/mol. The van der Waals surface area contributed by atoms with Crippen molar-refractivity contribution >= 4 is 28.6 Å². The van der Waals surface area contributed by atoms with Crippen LogP contribution in [0.5, 0.6) is 0 Å². The number of aromatic nitrogens is 1. The molecule has 4 heteroatoms. The zero-order valence-electron chi connectivity index (χ0n) is 12.4. The first-order valence-electron chi connectivity index (χ1n) is 7.02. The van der Waals surface area contributed by atoms with Gasteiger partial charge in [-0.25, -0.2) is 0 Å². The molecule has 0 aliphatic rings. The third-order valence-corrected chi connectivity index (χ3v) is 3.91. The van der Waals surface area contributed by atoms with Gasteiger partial charge in [0.25, 0.3) is 0 Å². The van der Waals surface area contributed by atoms with Crippen LogP contribution < -0.4 is 0 Å². The van der Waals surface area contributed by atoms with Gasteiger partial charge in [0, 0.05) is 21.5 Å². The molecule has 1 aromatic heterocycles. The summed E-state index contributed by atoms with van der Waals surface area (Å²) in [5, 5.41) is 19.6. The Kier molecular flexibility index (Phi) is 3.89. The number of fused-ring (bicyclic) bond motifs is 1. The molecule has 0 atom stereocenters. The molecule has 23 heavy (non-hydrogen) atoms. The Hall–Kier alpha value is -3.01. The topological polar surface area (TPSA) is 63.4 Å². The molecule has 3 aromatic rings. The first kappa shape index (κ1) is 14.9. The maximum absolute atomic E-state index is 9.07. The molecule has 0 saturated heterocycles. The molecule has 1 N–H and O–H groups in total. The Morgan fingerprint density at radius 3 is 2.43 bits per heavy atom. The van der Waals surface area contributed by atoms with Crippen LogP contribution in [0.2, 0.25) is 5.02 Å². The minimum atomic E-state index is 0.0548. The van der Waals surface area contributed by atoms with Crippen molar-refractivity contribution < 1.29 is 0 Å². The molecule has 0 aliphatic carbocycles. The molecule has 2 aromatic carbocycles. The normalized spacial score (nSPS) is 10.1. The van der Waals surface area contributed by atoms with Crippen LogP contribution in [0.1, 0.15) is 11.1 Å². The van der Waals surface area contributed by atoms with Crippen molar-refractivity contribution in [3.05, 3.63) is 64.2 Å². The lowest BCUT2D eigenvalue weighted by atomic mass is 10.0. The molecular weight excluding hydrogens is 306 g/mol. The Bertz CT molecular complexity index is 980. The molecule has 0 fully saturated rings. The number of hydrogen-bond acceptors (Lipinski definition) is 2. The number of H-pyrrole nitrogens is 1. The van der Waals surface area contributed by atoms with E-state index in [-0.39, 0.29) is 5.57 Å². The van der Waals surface area contributed by atoms with E-state index in [0.717, 1.165) is 27.7 Å². The average Bonchev–Trinajstić information content (AvgIpc) is 2.91. The van der Waals surface area contributed by atoms with Crippen LogP contribution in [0.3, 0.4) is 0 Å². The van der Waals surface area contributed by atoms with Crippen molar-refractivity contribution in [3.8, 4) is 23.4 Å². The highest BCUT2D eigenvalue weighted by Gasteiger charge is 2.13. The molecule has 0 spiro atoms. The first-order chi connectivity index (χ1) is 11.1. The number of rotatable bonds is 2. The summed E-state index contributed by atoms with van der Waals surface area (Å²) in [5.74, 6) is 0. The Morgan fingerprint density at radius 2 is 1.78 bits per heavy atom. The van der Waals surface area contributed by atoms with E-state index in [9.17, 15) is 0 Å². The predicted octanol–water partition coefficient (Wildman–Crippen LogP) is 5.23. The second-order valence-electron chi connectivity index (χ2n) is 5.25. The SMILES string of the molecule is Cc1ccc(-c2[nH]c3ccc(Cl)cc3c2C=C(C#N)C#N)cc1. The maximum Gasteiger partial charge on any atom is 0.130 e. The molecular formula is C19H12ClN3. The van der Waals surface area contributed by atoms with Crippen molar-refractivity contribution in [2.24, 2.45) is 0 Å². The molecule has 1 heterocycles. The number of allylic oxidation sites excluding steroid dienone is 1. The van der Waals surface area contributed by atoms with Crippen LogP contribution in [-0.2, 0) is 0 Å². The van der Waals surface area contributed by atoms with Gasteiger partial charge in [-0.3, -0.25) is 0 Å². The van der Waals surface area contributed by atoms with Crippen molar-refractivity contribution in [1.82, 2.24) is 4.98 Å². The molecule has 0 amide bonds. The summed E-state index contributed by atoms with van der Waals surface area (Å²) < 4.78 is 0. The van der Waals surface area contributed by atoms with Crippen LogP contribution in [-0.4, -0.2) is 4.98 Å². The Balaban J connectivity index is 2.33. The summed E-state index contributed by atoms with van der Waals surface area (Å²) >= 11 is 6.11. The lowest BCUT2D eigenvalue weighted by Gasteiger charge is -2.02. The van der Waals surface area contributed by atoms with Crippen molar-refractivity contribution in [3.63, 3.8) is 0 Å². The third kappa shape index (κ3) is 2.83. The molecule has 0 radical (unpaired) electrons. The summed E-state index contributed by atoms with van der Waals surface area (Å²) in [6.45, 7) is 2.03. The maximum atomic E-state index is 9.07. The van der Waals surface area contributed by atoms with E-state index in [2.05, 4.69) is 4.98 Å². The fourth-order valence-electron chi connectivity index (χ4n) is 2.52. The molecule has 0 aliphatic heterocycles.